The highest BCUT2D eigenvalue weighted by Crippen LogP contribution is 2.37. The first-order chi connectivity index (χ1) is 11.0. The minimum absolute atomic E-state index is 0.390. The van der Waals surface area contributed by atoms with Crippen molar-refractivity contribution in [2.24, 2.45) is 7.05 Å². The highest BCUT2D eigenvalue weighted by molar-refractivity contribution is 5.77. The maximum atomic E-state index is 11.9. The highest BCUT2D eigenvalue weighted by atomic mass is 16.5. The maximum absolute atomic E-state index is 11.9. The average Bonchev–Trinajstić information content (AvgIpc) is 2.91. The molecule has 7 heteroatoms. The van der Waals surface area contributed by atoms with Gasteiger partial charge in [-0.25, -0.2) is 4.98 Å². The summed E-state index contributed by atoms with van der Waals surface area (Å²) in [5.74, 6) is 0.740. The van der Waals surface area contributed by atoms with E-state index in [2.05, 4.69) is 4.98 Å². The molecule has 2 aromatic rings. The van der Waals surface area contributed by atoms with Crippen molar-refractivity contribution in [3.8, 4) is 11.5 Å². The van der Waals surface area contributed by atoms with E-state index in [0.29, 0.717) is 23.6 Å². The Hall–Kier alpha value is -2.54. The van der Waals surface area contributed by atoms with Gasteiger partial charge in [-0.2, -0.15) is 0 Å². The molecule has 0 saturated heterocycles. The second-order valence-corrected chi connectivity index (χ2v) is 5.19. The van der Waals surface area contributed by atoms with Crippen LogP contribution in [0.5, 0.6) is 11.5 Å². The molecule has 2 rings (SSSR count). The summed E-state index contributed by atoms with van der Waals surface area (Å²) in [5, 5.41) is 9.71. The van der Waals surface area contributed by atoms with Crippen LogP contribution >= 0.6 is 0 Å². The Labute approximate surface area is 135 Å². The van der Waals surface area contributed by atoms with Crippen LogP contribution in [-0.2, 0) is 18.4 Å². The first kappa shape index (κ1) is 16.8. The summed E-state index contributed by atoms with van der Waals surface area (Å²) in [4.78, 5) is 17.8. The van der Waals surface area contributed by atoms with Crippen LogP contribution in [0.4, 0.5) is 0 Å². The first-order valence-electron chi connectivity index (χ1n) is 7.09. The summed E-state index contributed by atoms with van der Waals surface area (Å²) in [5.41, 5.74) is 0.538. The van der Waals surface area contributed by atoms with Gasteiger partial charge in [-0.3, -0.25) is 9.69 Å². The van der Waals surface area contributed by atoms with Crippen LogP contribution in [0, 0.1) is 0 Å². The standard InChI is InChI=1S/C16H21N3O4/c1-18-9-8-17-13(18)10-19(2)14(16(20)21)11-6-5-7-12(22-3)15(11)23-4/h5-9,14H,10H2,1-4H3,(H,20,21). The molecule has 124 valence electrons. The molecule has 0 aliphatic carbocycles. The van der Waals surface area contributed by atoms with Gasteiger partial charge in [-0.05, 0) is 13.1 Å². The number of imidazole rings is 1. The number of likely N-dealkylation sites (N-methyl/N-ethyl adjacent to an activating group) is 1. The van der Waals surface area contributed by atoms with Gasteiger partial charge < -0.3 is 19.1 Å². The van der Waals surface area contributed by atoms with Crippen molar-refractivity contribution < 1.29 is 19.4 Å². The summed E-state index contributed by atoms with van der Waals surface area (Å²) >= 11 is 0. The monoisotopic (exact) mass is 319 g/mol. The molecule has 7 nitrogen and oxygen atoms in total. The number of aryl methyl sites for hydroxylation is 1. The van der Waals surface area contributed by atoms with Crippen LogP contribution < -0.4 is 9.47 Å². The molecule has 1 aromatic carbocycles. The number of ether oxygens (including phenoxy) is 2. The fourth-order valence-electron chi connectivity index (χ4n) is 2.55. The summed E-state index contributed by atoms with van der Waals surface area (Å²) < 4.78 is 12.5. The number of rotatable bonds is 7. The van der Waals surface area contributed by atoms with Crippen LogP contribution in [0.2, 0.25) is 0 Å². The number of nitrogens with zero attached hydrogens (tertiary/aromatic N) is 3. The molecule has 1 heterocycles. The Kier molecular flexibility index (Phi) is 5.23. The molecule has 23 heavy (non-hydrogen) atoms. The fraction of sp³-hybridized carbons (Fsp3) is 0.375. The normalized spacial score (nSPS) is 12.2. The third-order valence-electron chi connectivity index (χ3n) is 3.71. The fourth-order valence-corrected chi connectivity index (χ4v) is 2.55. The molecule has 0 amide bonds. The lowest BCUT2D eigenvalue weighted by atomic mass is 10.0. The predicted octanol–water partition coefficient (Wildman–Crippen LogP) is 1.69. The number of aromatic nitrogens is 2. The molecular formula is C16H21N3O4. The van der Waals surface area contributed by atoms with Crippen molar-refractivity contribution in [3.05, 3.63) is 42.0 Å². The number of benzene rings is 1. The van der Waals surface area contributed by atoms with E-state index in [-0.39, 0.29) is 0 Å². The van der Waals surface area contributed by atoms with E-state index < -0.39 is 12.0 Å². The number of hydrogen-bond acceptors (Lipinski definition) is 5. The SMILES string of the molecule is COc1cccc(C(C(=O)O)N(C)Cc2nccn2C)c1OC. The number of hydrogen-bond donors (Lipinski definition) is 1. The second kappa shape index (κ2) is 7.15. The molecule has 1 N–H and O–H groups in total. The van der Waals surface area contributed by atoms with Crippen LogP contribution in [0.15, 0.2) is 30.6 Å². The Morgan fingerprint density at radius 1 is 1.39 bits per heavy atom. The van der Waals surface area contributed by atoms with E-state index in [1.807, 2.05) is 17.8 Å². The van der Waals surface area contributed by atoms with E-state index in [9.17, 15) is 9.90 Å². The van der Waals surface area contributed by atoms with Gasteiger partial charge >= 0.3 is 5.97 Å². The molecule has 0 aliphatic rings. The third-order valence-corrected chi connectivity index (χ3v) is 3.71. The van der Waals surface area contributed by atoms with E-state index in [0.717, 1.165) is 5.82 Å². The topological polar surface area (TPSA) is 76.8 Å². The molecular weight excluding hydrogens is 298 g/mol. The Morgan fingerprint density at radius 2 is 2.13 bits per heavy atom. The van der Waals surface area contributed by atoms with Crippen LogP contribution in [0.1, 0.15) is 17.4 Å². The van der Waals surface area contributed by atoms with Crippen molar-refractivity contribution in [2.75, 3.05) is 21.3 Å². The summed E-state index contributed by atoms with van der Waals surface area (Å²) in [6, 6.07) is 4.34. The zero-order valence-corrected chi connectivity index (χ0v) is 13.7. The lowest BCUT2D eigenvalue weighted by Gasteiger charge is -2.26. The summed E-state index contributed by atoms with van der Waals surface area (Å²) in [6.07, 6.45) is 3.51. The van der Waals surface area contributed by atoms with E-state index in [1.54, 1.807) is 36.3 Å². The molecule has 0 aliphatic heterocycles. The van der Waals surface area contributed by atoms with Gasteiger partial charge in [0.15, 0.2) is 11.5 Å². The van der Waals surface area contributed by atoms with Crippen LogP contribution in [0.3, 0.4) is 0 Å². The minimum atomic E-state index is -0.965. The number of methoxy groups -OCH3 is 2. The van der Waals surface area contributed by atoms with E-state index >= 15 is 0 Å². The number of para-hydroxylation sites is 1. The predicted molar refractivity (Wildman–Crippen MR) is 84.6 cm³/mol. The number of carboxylic acids is 1. The lowest BCUT2D eigenvalue weighted by Crippen LogP contribution is -2.31. The van der Waals surface area contributed by atoms with Gasteiger partial charge in [0, 0.05) is 25.0 Å². The van der Waals surface area contributed by atoms with Gasteiger partial charge in [-0.15, -0.1) is 0 Å². The van der Waals surface area contributed by atoms with Crippen LogP contribution in [-0.4, -0.2) is 46.8 Å². The number of aliphatic carboxylic acids is 1. The third kappa shape index (κ3) is 3.45. The molecule has 1 unspecified atom stereocenters. The largest absolute Gasteiger partial charge is 0.493 e. The highest BCUT2D eigenvalue weighted by Gasteiger charge is 2.29. The maximum Gasteiger partial charge on any atom is 0.325 e. The summed E-state index contributed by atoms with van der Waals surface area (Å²) in [7, 11) is 6.64. The first-order valence-corrected chi connectivity index (χ1v) is 7.09. The molecule has 1 aromatic heterocycles. The molecule has 0 spiro atoms. The van der Waals surface area contributed by atoms with Gasteiger partial charge in [-0.1, -0.05) is 12.1 Å². The van der Waals surface area contributed by atoms with E-state index in [1.165, 1.54) is 14.2 Å². The lowest BCUT2D eigenvalue weighted by molar-refractivity contribution is -0.143. The van der Waals surface area contributed by atoms with E-state index in [4.69, 9.17) is 9.47 Å². The zero-order valence-electron chi connectivity index (χ0n) is 13.7. The number of carbonyl (C=O) groups is 1. The Balaban J connectivity index is 2.39. The van der Waals surface area contributed by atoms with Crippen molar-refractivity contribution in [3.63, 3.8) is 0 Å². The minimum Gasteiger partial charge on any atom is -0.493 e. The van der Waals surface area contributed by atoms with Gasteiger partial charge in [0.2, 0.25) is 0 Å². The molecule has 0 saturated carbocycles. The Morgan fingerprint density at radius 3 is 2.65 bits per heavy atom. The molecule has 0 fully saturated rings. The van der Waals surface area contributed by atoms with Gasteiger partial charge in [0.25, 0.3) is 0 Å². The molecule has 1 atom stereocenters. The molecule has 0 radical (unpaired) electrons. The summed E-state index contributed by atoms with van der Waals surface area (Å²) in [6.45, 7) is 0.390. The van der Waals surface area contributed by atoms with Crippen LogP contribution in [0.25, 0.3) is 0 Å². The zero-order chi connectivity index (χ0) is 17.0. The van der Waals surface area contributed by atoms with Crippen molar-refractivity contribution >= 4 is 5.97 Å². The van der Waals surface area contributed by atoms with Crippen molar-refractivity contribution in [1.29, 1.82) is 0 Å². The Bertz CT molecular complexity index is 684. The second-order valence-electron chi connectivity index (χ2n) is 5.19. The quantitative estimate of drug-likeness (QED) is 0.837. The van der Waals surface area contributed by atoms with Crippen molar-refractivity contribution in [2.45, 2.75) is 12.6 Å². The molecule has 0 bridgehead atoms. The van der Waals surface area contributed by atoms with Gasteiger partial charge in [0.05, 0.1) is 20.8 Å². The average molecular weight is 319 g/mol. The smallest absolute Gasteiger partial charge is 0.325 e. The van der Waals surface area contributed by atoms with Crippen molar-refractivity contribution in [1.82, 2.24) is 14.5 Å². The number of carboxylic acid groups (broad SMARTS) is 1. The van der Waals surface area contributed by atoms with Gasteiger partial charge in [0.1, 0.15) is 11.9 Å².